The van der Waals surface area contributed by atoms with Crippen molar-refractivity contribution in [3.8, 4) is 5.75 Å². The first kappa shape index (κ1) is 16.9. The molecule has 2 aromatic rings. The number of carbonyl (C=O) groups is 1. The normalized spacial score (nSPS) is 17.0. The van der Waals surface area contributed by atoms with Crippen LogP contribution in [0.1, 0.15) is 35.4 Å². The number of likely N-dealkylation sites (tertiary alicyclic amines) is 1. The molecule has 2 N–H and O–H groups in total. The molecule has 0 saturated carbocycles. The second-order valence-electron chi connectivity index (χ2n) is 7.06. The molecule has 0 bridgehead atoms. The van der Waals surface area contributed by atoms with Crippen LogP contribution in [0.5, 0.6) is 5.75 Å². The number of methoxy groups -OCH3 is 1. The number of hydrogen-bond acceptors (Lipinski definition) is 3. The first-order valence-corrected chi connectivity index (χ1v) is 9.25. The minimum absolute atomic E-state index is 0.00000152. The lowest BCUT2D eigenvalue weighted by atomic mass is 9.89. The predicted octanol–water partition coefficient (Wildman–Crippen LogP) is 3.71. The molecule has 2 heterocycles. The van der Waals surface area contributed by atoms with Gasteiger partial charge in [0.15, 0.2) is 0 Å². The molecule has 0 unspecified atom stereocenters. The Balaban J connectivity index is 1.34. The lowest BCUT2D eigenvalue weighted by Gasteiger charge is -2.32. The molecule has 5 heteroatoms. The van der Waals surface area contributed by atoms with Crippen molar-refractivity contribution in [2.45, 2.75) is 31.8 Å². The van der Waals surface area contributed by atoms with Gasteiger partial charge in [-0.05, 0) is 59.7 Å². The highest BCUT2D eigenvalue weighted by Crippen LogP contribution is 2.30. The molecule has 5 nitrogen and oxygen atoms in total. The third kappa shape index (κ3) is 3.53. The second-order valence-corrected chi connectivity index (χ2v) is 7.06. The Morgan fingerprint density at radius 1 is 1.12 bits per heavy atom. The van der Waals surface area contributed by atoms with Crippen LogP contribution in [-0.4, -0.2) is 31.1 Å². The summed E-state index contributed by atoms with van der Waals surface area (Å²) in [6, 6.07) is 14.4. The van der Waals surface area contributed by atoms with E-state index in [-0.39, 0.29) is 6.03 Å². The maximum atomic E-state index is 12.6. The molecular formula is C21H25N3O2. The monoisotopic (exact) mass is 351 g/mol. The molecule has 2 amide bonds. The number of nitrogens with zero attached hydrogens (tertiary/aromatic N) is 1. The predicted molar refractivity (Wildman–Crippen MR) is 103 cm³/mol. The average Bonchev–Trinajstić information content (AvgIpc) is 3.16. The highest BCUT2D eigenvalue weighted by molar-refractivity contribution is 5.89. The number of amides is 2. The number of nitrogens with one attached hydrogen (secondary N) is 2. The molecular weight excluding hydrogens is 326 g/mol. The van der Waals surface area contributed by atoms with E-state index >= 15 is 0 Å². The highest BCUT2D eigenvalue weighted by atomic mass is 16.5. The summed E-state index contributed by atoms with van der Waals surface area (Å²) in [4.78, 5) is 14.5. The molecule has 4 rings (SSSR count). The van der Waals surface area contributed by atoms with Crippen LogP contribution in [0.15, 0.2) is 42.5 Å². The highest BCUT2D eigenvalue weighted by Gasteiger charge is 2.24. The third-order valence-electron chi connectivity index (χ3n) is 5.44. The molecule has 1 fully saturated rings. The topological polar surface area (TPSA) is 53.6 Å². The maximum Gasteiger partial charge on any atom is 0.321 e. The number of rotatable bonds is 3. The number of fused-ring (bicyclic) bond motifs is 1. The Morgan fingerprint density at radius 3 is 2.73 bits per heavy atom. The van der Waals surface area contributed by atoms with Gasteiger partial charge >= 0.3 is 6.03 Å². The number of urea groups is 1. The lowest BCUT2D eigenvalue weighted by molar-refractivity contribution is 0.194. The molecule has 0 aromatic heterocycles. The van der Waals surface area contributed by atoms with E-state index in [4.69, 9.17) is 4.74 Å². The standard InChI is InChI=1S/C21H25N3O2/c1-26-20-4-2-3-16(12-20)15-7-9-24(10-8-15)21(25)23-19-6-5-17-13-22-14-18(17)11-19/h2-6,11-12,15,22H,7-10,13-14H2,1H3,(H,23,25). The maximum absolute atomic E-state index is 12.6. The van der Waals surface area contributed by atoms with Crippen molar-refractivity contribution in [3.63, 3.8) is 0 Å². The van der Waals surface area contributed by atoms with Crippen molar-refractivity contribution >= 4 is 11.7 Å². The minimum atomic E-state index is -0.00000152. The number of benzene rings is 2. The number of hydrogen-bond donors (Lipinski definition) is 2. The molecule has 0 spiro atoms. The van der Waals surface area contributed by atoms with E-state index in [1.807, 2.05) is 23.1 Å². The van der Waals surface area contributed by atoms with Crippen LogP contribution in [0, 0.1) is 0 Å². The Morgan fingerprint density at radius 2 is 1.92 bits per heavy atom. The Labute approximate surface area is 154 Å². The smallest absolute Gasteiger partial charge is 0.321 e. The number of anilines is 1. The van der Waals surface area contributed by atoms with Crippen LogP contribution in [0.4, 0.5) is 10.5 Å². The van der Waals surface area contributed by atoms with E-state index in [2.05, 4.69) is 34.9 Å². The van der Waals surface area contributed by atoms with Crippen LogP contribution < -0.4 is 15.4 Å². The summed E-state index contributed by atoms with van der Waals surface area (Å²) in [5.41, 5.74) is 4.78. The molecule has 26 heavy (non-hydrogen) atoms. The van der Waals surface area contributed by atoms with Crippen LogP contribution >= 0.6 is 0 Å². The van der Waals surface area contributed by atoms with Gasteiger partial charge in [0.05, 0.1) is 7.11 Å². The molecule has 2 aliphatic rings. The van der Waals surface area contributed by atoms with Gasteiger partial charge < -0.3 is 20.3 Å². The van der Waals surface area contributed by atoms with E-state index in [1.54, 1.807) is 7.11 Å². The van der Waals surface area contributed by atoms with Crippen LogP contribution in [0.25, 0.3) is 0 Å². The first-order valence-electron chi connectivity index (χ1n) is 9.25. The van der Waals surface area contributed by atoms with Crippen molar-refractivity contribution in [3.05, 3.63) is 59.2 Å². The molecule has 0 aliphatic carbocycles. The van der Waals surface area contributed by atoms with Gasteiger partial charge in [0.1, 0.15) is 5.75 Å². The van der Waals surface area contributed by atoms with E-state index in [0.29, 0.717) is 5.92 Å². The fraction of sp³-hybridized carbons (Fsp3) is 0.381. The fourth-order valence-electron chi connectivity index (χ4n) is 3.89. The summed E-state index contributed by atoms with van der Waals surface area (Å²) < 4.78 is 5.32. The SMILES string of the molecule is COc1cccc(C2CCN(C(=O)Nc3ccc4c(c3)CNC4)CC2)c1. The first-order chi connectivity index (χ1) is 12.7. The molecule has 136 valence electrons. The summed E-state index contributed by atoms with van der Waals surface area (Å²) in [5.74, 6) is 1.38. The van der Waals surface area contributed by atoms with Crippen molar-refractivity contribution in [1.82, 2.24) is 10.2 Å². The van der Waals surface area contributed by atoms with E-state index in [0.717, 1.165) is 50.5 Å². The van der Waals surface area contributed by atoms with Gasteiger partial charge in [-0.2, -0.15) is 0 Å². The Kier molecular flexibility index (Phi) is 4.80. The summed E-state index contributed by atoms with van der Waals surface area (Å²) in [6.07, 6.45) is 1.96. The number of carbonyl (C=O) groups excluding carboxylic acids is 1. The summed E-state index contributed by atoms with van der Waals surface area (Å²) in [5, 5.41) is 6.38. The van der Waals surface area contributed by atoms with Gasteiger partial charge in [0, 0.05) is 31.9 Å². The summed E-state index contributed by atoms with van der Waals surface area (Å²) in [7, 11) is 1.70. The van der Waals surface area contributed by atoms with E-state index in [1.165, 1.54) is 16.7 Å². The Bertz CT molecular complexity index is 798. The Hall–Kier alpha value is -2.53. The third-order valence-corrected chi connectivity index (χ3v) is 5.44. The van der Waals surface area contributed by atoms with Crippen LogP contribution in [0.2, 0.25) is 0 Å². The van der Waals surface area contributed by atoms with Gasteiger partial charge in [-0.15, -0.1) is 0 Å². The van der Waals surface area contributed by atoms with Gasteiger partial charge in [0.2, 0.25) is 0 Å². The molecule has 0 radical (unpaired) electrons. The molecule has 2 aromatic carbocycles. The van der Waals surface area contributed by atoms with Crippen molar-refractivity contribution < 1.29 is 9.53 Å². The van der Waals surface area contributed by atoms with E-state index < -0.39 is 0 Å². The summed E-state index contributed by atoms with van der Waals surface area (Å²) >= 11 is 0. The number of ether oxygens (including phenoxy) is 1. The zero-order valence-corrected chi connectivity index (χ0v) is 15.1. The number of piperidine rings is 1. The zero-order chi connectivity index (χ0) is 17.9. The lowest BCUT2D eigenvalue weighted by Crippen LogP contribution is -2.40. The average molecular weight is 351 g/mol. The van der Waals surface area contributed by atoms with Crippen molar-refractivity contribution in [1.29, 1.82) is 0 Å². The zero-order valence-electron chi connectivity index (χ0n) is 15.1. The minimum Gasteiger partial charge on any atom is -0.497 e. The molecule has 2 aliphatic heterocycles. The van der Waals surface area contributed by atoms with E-state index in [9.17, 15) is 4.79 Å². The summed E-state index contributed by atoms with van der Waals surface area (Å²) in [6.45, 7) is 3.35. The molecule has 0 atom stereocenters. The van der Waals surface area contributed by atoms with Crippen LogP contribution in [0.3, 0.4) is 0 Å². The quantitative estimate of drug-likeness (QED) is 0.886. The fourth-order valence-corrected chi connectivity index (χ4v) is 3.89. The van der Waals surface area contributed by atoms with Gasteiger partial charge in [-0.25, -0.2) is 4.79 Å². The largest absolute Gasteiger partial charge is 0.497 e. The van der Waals surface area contributed by atoms with Gasteiger partial charge in [-0.3, -0.25) is 0 Å². The van der Waals surface area contributed by atoms with Crippen molar-refractivity contribution in [2.24, 2.45) is 0 Å². The van der Waals surface area contributed by atoms with Gasteiger partial charge in [-0.1, -0.05) is 18.2 Å². The second kappa shape index (κ2) is 7.38. The molecule has 1 saturated heterocycles. The van der Waals surface area contributed by atoms with Crippen molar-refractivity contribution in [2.75, 3.05) is 25.5 Å². The van der Waals surface area contributed by atoms with Crippen LogP contribution in [-0.2, 0) is 13.1 Å². The van der Waals surface area contributed by atoms with Gasteiger partial charge in [0.25, 0.3) is 0 Å².